The van der Waals surface area contributed by atoms with Crippen LogP contribution in [0, 0.1) is 11.8 Å². The van der Waals surface area contributed by atoms with E-state index in [-0.39, 0.29) is 0 Å². The van der Waals surface area contributed by atoms with Gasteiger partial charge in [0, 0.05) is 0 Å². The van der Waals surface area contributed by atoms with Crippen LogP contribution in [0.25, 0.3) is 0 Å². The Kier molecular flexibility index (Phi) is 5.06. The molecule has 76 valence electrons. The second-order valence-corrected chi connectivity index (χ2v) is 2.81. The average Bonchev–Trinajstić information content (AvgIpc) is 2.11. The molecule has 0 aliphatic rings. The minimum absolute atomic E-state index is 0.361. The molecule has 0 radical (unpaired) electrons. The third-order valence-corrected chi connectivity index (χ3v) is 1.87. The number of carbonyl (C=O) groups excluding carboxylic acids is 1. The summed E-state index contributed by atoms with van der Waals surface area (Å²) in [6.07, 6.45) is 0. The molecule has 0 aromatic rings. The monoisotopic (exact) mass is 189 g/mol. The Labute approximate surface area is 77.0 Å². The third-order valence-electron chi connectivity index (χ3n) is 1.87. The largest absolute Gasteiger partial charge is 0.481 e. The first-order valence-corrected chi connectivity index (χ1v) is 4.15. The number of carboxylic acid groups (broad SMARTS) is 1. The summed E-state index contributed by atoms with van der Waals surface area (Å²) < 4.78 is 0. The Hall–Kier alpha value is -1.10. The van der Waals surface area contributed by atoms with E-state index in [1.165, 1.54) is 6.92 Å². The molecule has 0 saturated carbocycles. The number of hydrogen-bond acceptors (Lipinski definition) is 3. The molecule has 0 heterocycles. The molecule has 5 nitrogen and oxygen atoms in total. The Balaban J connectivity index is 4.01. The van der Waals surface area contributed by atoms with E-state index in [1.54, 1.807) is 13.8 Å². The molecule has 0 saturated heterocycles. The fraction of sp³-hybridized carbons (Fsp3) is 0.750. The van der Waals surface area contributed by atoms with Crippen LogP contribution in [0.15, 0.2) is 0 Å². The smallest absolute Gasteiger partial charge is 0.307 e. The predicted octanol–water partition coefficient (Wildman–Crippen LogP) is 0.411. The molecular formula is C8H15NO4. The molecule has 0 aromatic carbocycles. The van der Waals surface area contributed by atoms with Crippen molar-refractivity contribution in [1.29, 1.82) is 0 Å². The number of hydroxylamine groups is 1. The van der Waals surface area contributed by atoms with Crippen molar-refractivity contribution in [3.05, 3.63) is 0 Å². The van der Waals surface area contributed by atoms with Crippen LogP contribution in [0.4, 0.5) is 0 Å². The molecule has 0 rings (SSSR count). The van der Waals surface area contributed by atoms with Gasteiger partial charge in [0.1, 0.15) is 0 Å². The van der Waals surface area contributed by atoms with Crippen molar-refractivity contribution < 1.29 is 19.5 Å². The van der Waals surface area contributed by atoms with Crippen LogP contribution in [0.1, 0.15) is 20.8 Å². The van der Waals surface area contributed by atoms with E-state index in [0.717, 1.165) is 0 Å². The van der Waals surface area contributed by atoms with Crippen LogP contribution < -0.4 is 5.48 Å². The lowest BCUT2D eigenvalue weighted by molar-refractivity contribution is -0.149. The Morgan fingerprint density at radius 3 is 2.31 bits per heavy atom. The highest BCUT2D eigenvalue weighted by molar-refractivity contribution is 5.83. The highest BCUT2D eigenvalue weighted by Crippen LogP contribution is 2.10. The number of hydrogen-bond donors (Lipinski definition) is 2. The highest BCUT2D eigenvalue weighted by Gasteiger charge is 2.25. The van der Waals surface area contributed by atoms with E-state index < -0.39 is 23.7 Å². The van der Waals surface area contributed by atoms with Gasteiger partial charge in [-0.15, -0.1) is 0 Å². The molecule has 2 unspecified atom stereocenters. The van der Waals surface area contributed by atoms with Gasteiger partial charge >= 0.3 is 5.97 Å². The van der Waals surface area contributed by atoms with Crippen molar-refractivity contribution in [3.8, 4) is 0 Å². The summed E-state index contributed by atoms with van der Waals surface area (Å²) in [6, 6.07) is 0. The number of nitrogens with one attached hydrogen (secondary N) is 1. The highest BCUT2D eigenvalue weighted by atomic mass is 16.6. The van der Waals surface area contributed by atoms with Crippen molar-refractivity contribution in [2.75, 3.05) is 6.61 Å². The molecule has 0 fully saturated rings. The topological polar surface area (TPSA) is 75.6 Å². The quantitative estimate of drug-likeness (QED) is 0.614. The first kappa shape index (κ1) is 11.9. The Morgan fingerprint density at radius 2 is 1.92 bits per heavy atom. The zero-order chi connectivity index (χ0) is 10.4. The maximum atomic E-state index is 11.1. The molecule has 1 amide bonds. The summed E-state index contributed by atoms with van der Waals surface area (Å²) in [5, 5.41) is 8.61. The molecule has 2 N–H and O–H groups in total. The third kappa shape index (κ3) is 3.89. The van der Waals surface area contributed by atoms with E-state index in [1.807, 2.05) is 0 Å². The van der Waals surface area contributed by atoms with Gasteiger partial charge in [-0.1, -0.05) is 13.8 Å². The van der Waals surface area contributed by atoms with E-state index in [4.69, 9.17) is 5.11 Å². The average molecular weight is 189 g/mol. The first-order valence-electron chi connectivity index (χ1n) is 4.15. The van der Waals surface area contributed by atoms with Crippen molar-refractivity contribution in [3.63, 3.8) is 0 Å². The minimum Gasteiger partial charge on any atom is -0.481 e. The van der Waals surface area contributed by atoms with Gasteiger partial charge in [0.25, 0.3) is 0 Å². The fourth-order valence-corrected chi connectivity index (χ4v) is 0.677. The lowest BCUT2D eigenvalue weighted by Crippen LogP contribution is -2.35. The van der Waals surface area contributed by atoms with Crippen molar-refractivity contribution >= 4 is 11.9 Å². The SMILES string of the molecule is CCONC(=O)C(C)C(C)C(=O)O. The number of carbonyl (C=O) groups is 2. The van der Waals surface area contributed by atoms with Crippen LogP contribution in [0.5, 0.6) is 0 Å². The standard InChI is InChI=1S/C8H15NO4/c1-4-13-9-7(10)5(2)6(3)8(11)12/h5-6H,4H2,1-3H3,(H,9,10)(H,11,12). The van der Waals surface area contributed by atoms with Crippen molar-refractivity contribution in [1.82, 2.24) is 5.48 Å². The van der Waals surface area contributed by atoms with Gasteiger partial charge in [0.15, 0.2) is 0 Å². The maximum Gasteiger partial charge on any atom is 0.307 e. The molecule has 0 spiro atoms. The van der Waals surface area contributed by atoms with Gasteiger partial charge in [-0.3, -0.25) is 14.4 Å². The number of carboxylic acids is 1. The van der Waals surface area contributed by atoms with Gasteiger partial charge in [-0.25, -0.2) is 5.48 Å². The number of amides is 1. The second-order valence-electron chi connectivity index (χ2n) is 2.81. The zero-order valence-electron chi connectivity index (χ0n) is 8.03. The van der Waals surface area contributed by atoms with Crippen LogP contribution in [-0.4, -0.2) is 23.6 Å². The normalized spacial score (nSPS) is 14.7. The van der Waals surface area contributed by atoms with Gasteiger partial charge in [-0.05, 0) is 6.92 Å². The van der Waals surface area contributed by atoms with Crippen molar-refractivity contribution in [2.24, 2.45) is 11.8 Å². The lowest BCUT2D eigenvalue weighted by Gasteiger charge is -2.14. The molecule has 5 heteroatoms. The van der Waals surface area contributed by atoms with Crippen LogP contribution in [0.3, 0.4) is 0 Å². The van der Waals surface area contributed by atoms with Gasteiger partial charge in [0.05, 0.1) is 18.4 Å². The minimum atomic E-state index is -0.987. The van der Waals surface area contributed by atoms with E-state index >= 15 is 0 Å². The summed E-state index contributed by atoms with van der Waals surface area (Å²) in [5.74, 6) is -2.69. The molecule has 0 aromatic heterocycles. The van der Waals surface area contributed by atoms with Crippen LogP contribution in [-0.2, 0) is 14.4 Å². The van der Waals surface area contributed by atoms with E-state index in [9.17, 15) is 9.59 Å². The van der Waals surface area contributed by atoms with Gasteiger partial charge in [-0.2, -0.15) is 0 Å². The maximum absolute atomic E-state index is 11.1. The zero-order valence-corrected chi connectivity index (χ0v) is 8.03. The Morgan fingerprint density at radius 1 is 1.38 bits per heavy atom. The van der Waals surface area contributed by atoms with Gasteiger partial charge < -0.3 is 5.11 Å². The first-order chi connectivity index (χ1) is 6.00. The van der Waals surface area contributed by atoms with Crippen LogP contribution in [0.2, 0.25) is 0 Å². The molecule has 0 bridgehead atoms. The molecule has 0 aliphatic heterocycles. The summed E-state index contributed by atoms with van der Waals surface area (Å²) in [4.78, 5) is 26.3. The predicted molar refractivity (Wildman–Crippen MR) is 45.7 cm³/mol. The molecule has 13 heavy (non-hydrogen) atoms. The van der Waals surface area contributed by atoms with E-state index in [0.29, 0.717) is 6.61 Å². The lowest BCUT2D eigenvalue weighted by atomic mass is 9.96. The molecule has 0 aliphatic carbocycles. The molecular weight excluding hydrogens is 174 g/mol. The van der Waals surface area contributed by atoms with Gasteiger partial charge in [0.2, 0.25) is 5.91 Å². The van der Waals surface area contributed by atoms with Crippen molar-refractivity contribution in [2.45, 2.75) is 20.8 Å². The molecule has 2 atom stereocenters. The number of rotatable bonds is 5. The number of aliphatic carboxylic acids is 1. The summed E-state index contributed by atoms with van der Waals surface area (Å²) in [5.41, 5.74) is 2.17. The summed E-state index contributed by atoms with van der Waals surface area (Å²) in [6.45, 7) is 5.12. The summed E-state index contributed by atoms with van der Waals surface area (Å²) in [7, 11) is 0. The fourth-order valence-electron chi connectivity index (χ4n) is 0.677. The second kappa shape index (κ2) is 5.53. The van der Waals surface area contributed by atoms with E-state index in [2.05, 4.69) is 10.3 Å². The Bertz CT molecular complexity index is 193. The van der Waals surface area contributed by atoms with Crippen LogP contribution >= 0.6 is 0 Å². The summed E-state index contributed by atoms with van der Waals surface area (Å²) >= 11 is 0.